The molecule has 3 rings (SSSR count). The second-order valence-corrected chi connectivity index (χ2v) is 6.19. The Kier molecular flexibility index (Phi) is 3.87. The molecule has 2 aromatic carbocycles. The summed E-state index contributed by atoms with van der Waals surface area (Å²) in [6.45, 7) is 1.96. The lowest BCUT2D eigenvalue weighted by molar-refractivity contribution is 0.395. The minimum Gasteiger partial charge on any atom is -0.508 e. The van der Waals surface area contributed by atoms with Gasteiger partial charge in [0, 0.05) is 0 Å². The molecule has 2 N–H and O–H groups in total. The van der Waals surface area contributed by atoms with Crippen molar-refractivity contribution in [2.45, 2.75) is 44.4 Å². The quantitative estimate of drug-likeness (QED) is 0.826. The molecule has 1 saturated carbocycles. The lowest BCUT2D eigenvalue weighted by Crippen LogP contribution is -2.12. The van der Waals surface area contributed by atoms with Crippen LogP contribution in [0.1, 0.15) is 54.2 Å². The molecule has 0 saturated heterocycles. The molecule has 0 aromatic heterocycles. The van der Waals surface area contributed by atoms with Crippen LogP contribution in [0.2, 0.25) is 0 Å². The number of phenolic OH excluding ortho intramolecular Hbond substituents is 2. The number of phenols is 2. The van der Waals surface area contributed by atoms with Gasteiger partial charge in [0.15, 0.2) is 0 Å². The number of benzene rings is 2. The molecule has 0 radical (unpaired) electrons. The van der Waals surface area contributed by atoms with Crippen LogP contribution in [0.3, 0.4) is 0 Å². The van der Waals surface area contributed by atoms with E-state index in [1.54, 1.807) is 12.1 Å². The van der Waals surface area contributed by atoms with Crippen molar-refractivity contribution in [3.8, 4) is 11.5 Å². The van der Waals surface area contributed by atoms with Crippen molar-refractivity contribution in [2.24, 2.45) is 0 Å². The second-order valence-electron chi connectivity index (χ2n) is 6.19. The van der Waals surface area contributed by atoms with Crippen LogP contribution in [0.5, 0.6) is 11.5 Å². The molecule has 0 aliphatic heterocycles. The first-order valence-electron chi connectivity index (χ1n) is 7.72. The third-order valence-corrected chi connectivity index (χ3v) is 4.78. The average Bonchev–Trinajstić information content (AvgIpc) is 2.51. The van der Waals surface area contributed by atoms with Crippen molar-refractivity contribution in [2.75, 3.05) is 0 Å². The average molecular weight is 282 g/mol. The summed E-state index contributed by atoms with van der Waals surface area (Å²) in [5, 5.41) is 19.0. The highest BCUT2D eigenvalue weighted by Gasteiger charge is 2.23. The van der Waals surface area contributed by atoms with E-state index >= 15 is 0 Å². The first kappa shape index (κ1) is 14.0. The molecule has 21 heavy (non-hydrogen) atoms. The first-order valence-corrected chi connectivity index (χ1v) is 7.72. The van der Waals surface area contributed by atoms with Gasteiger partial charge in [-0.05, 0) is 79.3 Å². The Labute approximate surface area is 126 Å². The zero-order valence-corrected chi connectivity index (χ0v) is 12.4. The third-order valence-electron chi connectivity index (χ3n) is 4.78. The predicted molar refractivity (Wildman–Crippen MR) is 84.9 cm³/mol. The highest BCUT2D eigenvalue weighted by atomic mass is 16.3. The van der Waals surface area contributed by atoms with E-state index in [4.69, 9.17) is 0 Å². The lowest BCUT2D eigenvalue weighted by atomic mass is 9.76. The van der Waals surface area contributed by atoms with Crippen LogP contribution in [-0.2, 0) is 0 Å². The Hall–Kier alpha value is -1.96. The van der Waals surface area contributed by atoms with E-state index in [-0.39, 0.29) is 0 Å². The van der Waals surface area contributed by atoms with Crippen molar-refractivity contribution in [3.63, 3.8) is 0 Å². The van der Waals surface area contributed by atoms with Crippen LogP contribution in [0, 0.1) is 6.92 Å². The minimum absolute atomic E-state index is 0.340. The molecule has 0 atom stereocenters. The fourth-order valence-electron chi connectivity index (χ4n) is 3.44. The van der Waals surface area contributed by atoms with Gasteiger partial charge in [0.1, 0.15) is 11.5 Å². The second kappa shape index (κ2) is 5.80. The van der Waals surface area contributed by atoms with Crippen molar-refractivity contribution < 1.29 is 10.2 Å². The van der Waals surface area contributed by atoms with Gasteiger partial charge < -0.3 is 10.2 Å². The molecule has 2 nitrogen and oxygen atoms in total. The van der Waals surface area contributed by atoms with Gasteiger partial charge in [0.05, 0.1) is 0 Å². The fourth-order valence-corrected chi connectivity index (χ4v) is 3.44. The summed E-state index contributed by atoms with van der Waals surface area (Å²) >= 11 is 0. The molecular weight excluding hydrogens is 260 g/mol. The van der Waals surface area contributed by atoms with Gasteiger partial charge in [0.25, 0.3) is 0 Å². The Morgan fingerprint density at radius 2 is 1.29 bits per heavy atom. The van der Waals surface area contributed by atoms with Gasteiger partial charge in [-0.2, -0.15) is 0 Å². The van der Waals surface area contributed by atoms with Crippen LogP contribution < -0.4 is 0 Å². The number of hydrogen-bond acceptors (Lipinski definition) is 2. The maximum absolute atomic E-state index is 9.63. The summed E-state index contributed by atoms with van der Waals surface area (Å²) in [5.41, 5.74) is 3.66. The number of rotatable bonds is 2. The monoisotopic (exact) mass is 282 g/mol. The van der Waals surface area contributed by atoms with Crippen LogP contribution in [0.15, 0.2) is 42.5 Å². The number of hydrogen-bond donors (Lipinski definition) is 2. The van der Waals surface area contributed by atoms with Gasteiger partial charge in [-0.1, -0.05) is 24.3 Å². The number of aryl methyl sites for hydroxylation is 1. The summed E-state index contributed by atoms with van der Waals surface area (Å²) in [5.74, 6) is 1.95. The molecule has 1 aliphatic carbocycles. The highest BCUT2D eigenvalue weighted by molar-refractivity contribution is 5.37. The highest BCUT2D eigenvalue weighted by Crippen LogP contribution is 2.41. The molecule has 1 fully saturated rings. The topological polar surface area (TPSA) is 40.5 Å². The van der Waals surface area contributed by atoms with Gasteiger partial charge in [0.2, 0.25) is 0 Å². The summed E-state index contributed by atoms with van der Waals surface area (Å²) in [7, 11) is 0. The van der Waals surface area contributed by atoms with E-state index in [0.717, 1.165) is 5.56 Å². The molecule has 0 unspecified atom stereocenters. The van der Waals surface area contributed by atoms with Crippen LogP contribution in [-0.4, -0.2) is 10.2 Å². The van der Waals surface area contributed by atoms with Gasteiger partial charge in [-0.15, -0.1) is 0 Å². The zero-order chi connectivity index (χ0) is 14.8. The van der Waals surface area contributed by atoms with Crippen molar-refractivity contribution in [3.05, 3.63) is 59.2 Å². The van der Waals surface area contributed by atoms with Gasteiger partial charge in [-0.25, -0.2) is 0 Å². The van der Waals surface area contributed by atoms with Crippen molar-refractivity contribution in [1.29, 1.82) is 0 Å². The van der Waals surface area contributed by atoms with E-state index in [0.29, 0.717) is 23.3 Å². The van der Waals surface area contributed by atoms with Crippen molar-refractivity contribution in [1.82, 2.24) is 0 Å². The lowest BCUT2D eigenvalue weighted by Gasteiger charge is -2.29. The Morgan fingerprint density at radius 3 is 1.86 bits per heavy atom. The van der Waals surface area contributed by atoms with E-state index in [1.165, 1.54) is 36.8 Å². The molecular formula is C19H22O2. The fraction of sp³-hybridized carbons (Fsp3) is 0.368. The van der Waals surface area contributed by atoms with E-state index in [2.05, 4.69) is 12.1 Å². The largest absolute Gasteiger partial charge is 0.508 e. The van der Waals surface area contributed by atoms with E-state index < -0.39 is 0 Å². The Balaban J connectivity index is 1.67. The summed E-state index contributed by atoms with van der Waals surface area (Å²) in [6, 6.07) is 13.7. The Bertz CT molecular complexity index is 608. The van der Waals surface area contributed by atoms with Crippen molar-refractivity contribution >= 4 is 0 Å². The number of aromatic hydroxyl groups is 2. The molecule has 2 aromatic rings. The van der Waals surface area contributed by atoms with Gasteiger partial charge >= 0.3 is 0 Å². The first-order chi connectivity index (χ1) is 10.1. The van der Waals surface area contributed by atoms with E-state index in [1.807, 2.05) is 25.1 Å². The summed E-state index contributed by atoms with van der Waals surface area (Å²) in [6.07, 6.45) is 4.76. The molecule has 2 heteroatoms. The molecule has 0 amide bonds. The maximum atomic E-state index is 9.63. The zero-order valence-electron chi connectivity index (χ0n) is 12.4. The summed E-state index contributed by atoms with van der Waals surface area (Å²) in [4.78, 5) is 0. The smallest absolute Gasteiger partial charge is 0.118 e. The molecule has 0 heterocycles. The maximum Gasteiger partial charge on any atom is 0.118 e. The molecule has 0 spiro atoms. The third kappa shape index (κ3) is 3.05. The van der Waals surface area contributed by atoms with Crippen LogP contribution >= 0.6 is 0 Å². The minimum atomic E-state index is 0.340. The SMILES string of the molecule is Cc1cc(C2CCC(c3ccc(O)cc3)CC2)ccc1O. The Morgan fingerprint density at radius 1 is 0.762 bits per heavy atom. The van der Waals surface area contributed by atoms with Gasteiger partial charge in [-0.3, -0.25) is 0 Å². The molecule has 1 aliphatic rings. The predicted octanol–water partition coefficient (Wildman–Crippen LogP) is 4.85. The molecule has 110 valence electrons. The summed E-state index contributed by atoms with van der Waals surface area (Å²) < 4.78 is 0. The standard InChI is InChI=1S/C19H22O2/c1-13-12-17(8-11-19(13)21)16-4-2-14(3-5-16)15-6-9-18(20)10-7-15/h6-12,14,16,20-21H,2-5H2,1H3. The normalized spacial score (nSPS) is 22.1. The van der Waals surface area contributed by atoms with E-state index in [9.17, 15) is 10.2 Å². The van der Waals surface area contributed by atoms with Crippen LogP contribution in [0.4, 0.5) is 0 Å². The molecule has 0 bridgehead atoms. The van der Waals surface area contributed by atoms with Crippen LogP contribution in [0.25, 0.3) is 0 Å².